The summed E-state index contributed by atoms with van der Waals surface area (Å²) in [5.41, 5.74) is 21.9. The highest BCUT2D eigenvalue weighted by atomic mass is 16.4. The third-order valence-electron chi connectivity index (χ3n) is 11.9. The number of rotatable bonds is 6. The van der Waals surface area contributed by atoms with E-state index in [9.17, 15) is 9.90 Å². The van der Waals surface area contributed by atoms with Crippen molar-refractivity contribution in [2.75, 3.05) is 0 Å². The van der Waals surface area contributed by atoms with Crippen molar-refractivity contribution >= 4 is 5.97 Å². The zero-order valence-electron chi connectivity index (χ0n) is 28.1. The van der Waals surface area contributed by atoms with Crippen molar-refractivity contribution < 1.29 is 9.90 Å². The molecule has 0 fully saturated rings. The zero-order valence-corrected chi connectivity index (χ0v) is 28.1. The van der Waals surface area contributed by atoms with Crippen molar-refractivity contribution in [3.05, 3.63) is 213 Å². The van der Waals surface area contributed by atoms with E-state index in [0.717, 1.165) is 55.6 Å². The Balaban J connectivity index is 1.38. The Labute approximate surface area is 297 Å². The molecule has 7 aromatic rings. The Morgan fingerprint density at radius 1 is 0.431 bits per heavy atom. The zero-order chi connectivity index (χ0) is 34.3. The molecule has 1 atom stereocenters. The first kappa shape index (κ1) is 29.8. The summed E-state index contributed by atoms with van der Waals surface area (Å²) in [5, 5.41) is 12.1. The monoisotopic (exact) mass is 657 g/mol. The van der Waals surface area contributed by atoms with Gasteiger partial charge in [0.1, 0.15) is 0 Å². The number of carbonyl (C=O) groups is 1. The van der Waals surface area contributed by atoms with Gasteiger partial charge in [0.15, 0.2) is 5.54 Å². The molecule has 7 aromatic carbocycles. The van der Waals surface area contributed by atoms with E-state index in [-0.39, 0.29) is 0 Å². The second-order valence-electron chi connectivity index (χ2n) is 14.2. The van der Waals surface area contributed by atoms with Gasteiger partial charge in [-0.2, -0.15) is 0 Å². The Hall–Kier alpha value is -6.03. The van der Waals surface area contributed by atoms with E-state index < -0.39 is 16.9 Å². The predicted molar refractivity (Wildman–Crippen MR) is 204 cm³/mol. The first-order valence-corrected chi connectivity index (χ1v) is 17.7. The molecular weight excluding hydrogens is 623 g/mol. The Morgan fingerprint density at radius 2 is 0.784 bits per heavy atom. The van der Waals surface area contributed by atoms with Crippen LogP contribution >= 0.6 is 0 Å². The summed E-state index contributed by atoms with van der Waals surface area (Å²) in [6.07, 6.45) is 2.01. The molecule has 3 N–H and O–H groups in total. The topological polar surface area (TPSA) is 63.3 Å². The van der Waals surface area contributed by atoms with Crippen LogP contribution in [0.5, 0.6) is 0 Å². The summed E-state index contributed by atoms with van der Waals surface area (Å²) in [4.78, 5) is 14.8. The fraction of sp³-hybridized carbons (Fsp3) is 0.104. The molecule has 0 amide bonds. The van der Waals surface area contributed by atoms with Gasteiger partial charge in [0.2, 0.25) is 0 Å². The van der Waals surface area contributed by atoms with E-state index in [1.165, 1.54) is 27.8 Å². The SMILES string of the molecule is N[C@@](C(=O)O)(c1cccc2c1Cc1ccccc1-2)C(c1ccccc1)(c1cccc2c1Cc1ccccc1-2)c1cccc2c1Cc1ccccc1-2. The Kier molecular flexibility index (Phi) is 6.43. The van der Waals surface area contributed by atoms with Crippen LogP contribution in [-0.4, -0.2) is 11.1 Å². The first-order valence-electron chi connectivity index (χ1n) is 17.7. The second kappa shape index (κ2) is 11.0. The minimum atomic E-state index is -1.93. The van der Waals surface area contributed by atoms with E-state index in [4.69, 9.17) is 5.73 Å². The van der Waals surface area contributed by atoms with Gasteiger partial charge in [0.25, 0.3) is 0 Å². The Bertz CT molecular complexity index is 2470. The van der Waals surface area contributed by atoms with Gasteiger partial charge in [-0.15, -0.1) is 0 Å². The number of hydrogen-bond acceptors (Lipinski definition) is 2. The van der Waals surface area contributed by atoms with Crippen molar-refractivity contribution in [1.29, 1.82) is 0 Å². The number of carboxylic acid groups (broad SMARTS) is 1. The van der Waals surface area contributed by atoms with E-state index in [1.54, 1.807) is 0 Å². The molecule has 0 unspecified atom stereocenters. The maximum Gasteiger partial charge on any atom is 0.330 e. The molecule has 3 nitrogen and oxygen atoms in total. The molecule has 0 saturated carbocycles. The van der Waals surface area contributed by atoms with Crippen molar-refractivity contribution in [3.63, 3.8) is 0 Å². The highest BCUT2D eigenvalue weighted by Gasteiger charge is 2.61. The van der Waals surface area contributed by atoms with Crippen molar-refractivity contribution in [3.8, 4) is 33.4 Å². The van der Waals surface area contributed by atoms with Crippen LogP contribution in [0, 0.1) is 0 Å². The van der Waals surface area contributed by atoms with Crippen LogP contribution in [0.4, 0.5) is 0 Å². The lowest BCUT2D eigenvalue weighted by atomic mass is 9.53. The molecule has 0 radical (unpaired) electrons. The highest BCUT2D eigenvalue weighted by molar-refractivity contribution is 5.92. The molecule has 0 aliphatic heterocycles. The molecule has 3 aliphatic carbocycles. The van der Waals surface area contributed by atoms with Crippen LogP contribution in [-0.2, 0) is 35.0 Å². The maximum absolute atomic E-state index is 14.8. The third kappa shape index (κ3) is 3.95. The standard InChI is InChI=1S/C48H35NO2/c49-48(46(50)51,45-26-12-23-39-36-20-9-6-15-32(36)29-42(39)45)47(33-16-2-1-3-17-33,43-24-10-21-37-34-18-7-4-13-30(34)27-40(37)43)44-25-11-22-38-35-19-8-5-14-31(35)28-41(38)44/h1-26H,27-29,49H2,(H,50,51)/t48-/m1/s1. The minimum absolute atomic E-state index is 0.620. The van der Waals surface area contributed by atoms with Gasteiger partial charge in [-0.1, -0.05) is 158 Å². The van der Waals surface area contributed by atoms with E-state index in [2.05, 4.69) is 127 Å². The molecule has 3 aliphatic rings. The first-order chi connectivity index (χ1) is 25.0. The van der Waals surface area contributed by atoms with Gasteiger partial charge in [0, 0.05) is 0 Å². The second-order valence-corrected chi connectivity index (χ2v) is 14.2. The fourth-order valence-corrected chi connectivity index (χ4v) is 9.82. The fourth-order valence-electron chi connectivity index (χ4n) is 9.82. The average molecular weight is 658 g/mol. The average Bonchev–Trinajstić information content (AvgIpc) is 3.87. The number of nitrogens with two attached hydrogens (primary N) is 1. The van der Waals surface area contributed by atoms with Crippen LogP contribution in [0.3, 0.4) is 0 Å². The summed E-state index contributed by atoms with van der Waals surface area (Å²) in [5.74, 6) is -1.06. The number of hydrogen-bond donors (Lipinski definition) is 2. The summed E-state index contributed by atoms with van der Waals surface area (Å²) in [7, 11) is 0. The third-order valence-corrected chi connectivity index (χ3v) is 11.9. The molecule has 0 spiro atoms. The van der Waals surface area contributed by atoms with E-state index in [1.807, 2.05) is 30.3 Å². The number of carboxylic acids is 1. The Morgan fingerprint density at radius 3 is 1.22 bits per heavy atom. The van der Waals surface area contributed by atoms with Crippen molar-refractivity contribution in [2.24, 2.45) is 5.73 Å². The maximum atomic E-state index is 14.8. The molecule has 0 saturated heterocycles. The van der Waals surface area contributed by atoms with Crippen molar-refractivity contribution in [1.82, 2.24) is 0 Å². The van der Waals surface area contributed by atoms with Gasteiger partial charge < -0.3 is 10.8 Å². The number of aliphatic carboxylic acids is 1. The van der Waals surface area contributed by atoms with Crippen LogP contribution in [0.2, 0.25) is 0 Å². The van der Waals surface area contributed by atoms with E-state index in [0.29, 0.717) is 24.8 Å². The molecule has 0 bridgehead atoms. The lowest BCUT2D eigenvalue weighted by Gasteiger charge is -2.49. The summed E-state index contributed by atoms with van der Waals surface area (Å²) in [6.45, 7) is 0. The van der Waals surface area contributed by atoms with Crippen LogP contribution in [0.15, 0.2) is 158 Å². The normalized spacial score (nSPS) is 14.5. The molecule has 51 heavy (non-hydrogen) atoms. The number of fused-ring (bicyclic) bond motifs is 9. The van der Waals surface area contributed by atoms with Gasteiger partial charge in [-0.05, 0) is 108 Å². The van der Waals surface area contributed by atoms with Gasteiger partial charge in [-0.25, -0.2) is 4.79 Å². The number of benzene rings is 7. The molecule has 0 aromatic heterocycles. The summed E-state index contributed by atoms with van der Waals surface area (Å²) in [6, 6.07) is 54.7. The largest absolute Gasteiger partial charge is 0.480 e. The van der Waals surface area contributed by atoms with Crippen LogP contribution in [0.1, 0.15) is 55.6 Å². The molecule has 3 heteroatoms. The van der Waals surface area contributed by atoms with Crippen LogP contribution < -0.4 is 5.73 Å². The highest BCUT2D eigenvalue weighted by Crippen LogP contribution is 2.58. The van der Waals surface area contributed by atoms with Gasteiger partial charge in [-0.3, -0.25) is 0 Å². The molecule has 244 valence electrons. The van der Waals surface area contributed by atoms with Gasteiger partial charge in [0.05, 0.1) is 5.41 Å². The quantitative estimate of drug-likeness (QED) is 0.175. The molecule has 0 heterocycles. The molecular formula is C48H35NO2. The van der Waals surface area contributed by atoms with Gasteiger partial charge >= 0.3 is 5.97 Å². The smallest absolute Gasteiger partial charge is 0.330 e. The van der Waals surface area contributed by atoms with E-state index >= 15 is 0 Å². The van der Waals surface area contributed by atoms with Crippen LogP contribution in [0.25, 0.3) is 33.4 Å². The molecule has 10 rings (SSSR count). The van der Waals surface area contributed by atoms with Crippen molar-refractivity contribution in [2.45, 2.75) is 30.2 Å². The lowest BCUT2D eigenvalue weighted by Crippen LogP contribution is -2.63. The predicted octanol–water partition coefficient (Wildman–Crippen LogP) is 9.67. The summed E-state index contributed by atoms with van der Waals surface area (Å²) < 4.78 is 0. The minimum Gasteiger partial charge on any atom is -0.480 e. The lowest BCUT2D eigenvalue weighted by molar-refractivity contribution is -0.145. The summed E-state index contributed by atoms with van der Waals surface area (Å²) >= 11 is 0.